The van der Waals surface area contributed by atoms with Crippen molar-refractivity contribution < 1.29 is 9.13 Å². The lowest BCUT2D eigenvalue weighted by molar-refractivity contribution is 0.105. The Morgan fingerprint density at radius 2 is 2.07 bits per heavy atom. The van der Waals surface area contributed by atoms with Gasteiger partial charge in [0.25, 0.3) is 0 Å². The van der Waals surface area contributed by atoms with E-state index in [9.17, 15) is 4.39 Å². The second kappa shape index (κ2) is 2.97. The minimum atomic E-state index is -0.241. The second-order valence-corrected chi connectivity index (χ2v) is 4.90. The predicted octanol–water partition coefficient (Wildman–Crippen LogP) is 3.18. The number of rotatable bonds is 0. The topological polar surface area (TPSA) is 9.23 Å². The molecule has 1 atom stereocenters. The molecular formula is C12H15FO. The lowest BCUT2D eigenvalue weighted by Gasteiger charge is -2.25. The Labute approximate surface area is 83.9 Å². The first kappa shape index (κ1) is 9.50. The van der Waals surface area contributed by atoms with Crippen LogP contribution in [0.3, 0.4) is 0 Å². The van der Waals surface area contributed by atoms with Gasteiger partial charge in [-0.05, 0) is 11.5 Å². The van der Waals surface area contributed by atoms with Crippen molar-refractivity contribution in [2.75, 3.05) is 0 Å². The van der Waals surface area contributed by atoms with Crippen LogP contribution in [0.15, 0.2) is 18.2 Å². The summed E-state index contributed by atoms with van der Waals surface area (Å²) in [5.74, 6) is 0.210. The van der Waals surface area contributed by atoms with Crippen LogP contribution in [-0.4, -0.2) is 6.10 Å². The average molecular weight is 194 g/mol. The highest BCUT2D eigenvalue weighted by Gasteiger charge is 2.34. The van der Waals surface area contributed by atoms with E-state index in [4.69, 9.17) is 4.74 Å². The number of hydrogen-bond acceptors (Lipinski definition) is 1. The fraction of sp³-hybridized carbons (Fsp3) is 0.500. The highest BCUT2D eigenvalue weighted by molar-refractivity contribution is 5.39. The van der Waals surface area contributed by atoms with Gasteiger partial charge in [0.1, 0.15) is 6.10 Å². The van der Waals surface area contributed by atoms with Gasteiger partial charge in [0.15, 0.2) is 11.6 Å². The summed E-state index contributed by atoms with van der Waals surface area (Å²) in [5.41, 5.74) is 1.05. The van der Waals surface area contributed by atoms with E-state index >= 15 is 0 Å². The summed E-state index contributed by atoms with van der Waals surface area (Å²) in [6.07, 6.45) is 0.908. The van der Waals surface area contributed by atoms with Gasteiger partial charge in [0, 0.05) is 12.0 Å². The molecule has 1 unspecified atom stereocenters. The van der Waals surface area contributed by atoms with Crippen molar-refractivity contribution >= 4 is 0 Å². The Kier molecular flexibility index (Phi) is 2.02. The summed E-state index contributed by atoms with van der Waals surface area (Å²) >= 11 is 0. The van der Waals surface area contributed by atoms with Crippen LogP contribution in [-0.2, 0) is 6.42 Å². The summed E-state index contributed by atoms with van der Waals surface area (Å²) in [6.45, 7) is 6.34. The van der Waals surface area contributed by atoms with Gasteiger partial charge >= 0.3 is 0 Å². The predicted molar refractivity (Wildman–Crippen MR) is 54.0 cm³/mol. The van der Waals surface area contributed by atoms with Crippen molar-refractivity contribution in [1.29, 1.82) is 0 Å². The quantitative estimate of drug-likeness (QED) is 0.616. The number of para-hydroxylation sites is 1. The molecule has 0 spiro atoms. The fourth-order valence-corrected chi connectivity index (χ4v) is 1.71. The van der Waals surface area contributed by atoms with Crippen LogP contribution < -0.4 is 4.74 Å². The van der Waals surface area contributed by atoms with Crippen LogP contribution in [0.2, 0.25) is 0 Å². The molecule has 1 aliphatic rings. The largest absolute Gasteiger partial charge is 0.486 e. The second-order valence-electron chi connectivity index (χ2n) is 4.90. The van der Waals surface area contributed by atoms with Crippen molar-refractivity contribution in [3.05, 3.63) is 29.6 Å². The van der Waals surface area contributed by atoms with Crippen LogP contribution in [0.4, 0.5) is 4.39 Å². The Morgan fingerprint density at radius 3 is 2.64 bits per heavy atom. The third-order valence-corrected chi connectivity index (χ3v) is 2.68. The fourth-order valence-electron chi connectivity index (χ4n) is 1.71. The molecule has 1 aliphatic heterocycles. The van der Waals surface area contributed by atoms with Gasteiger partial charge in [-0.1, -0.05) is 32.9 Å². The van der Waals surface area contributed by atoms with Gasteiger partial charge in [-0.2, -0.15) is 0 Å². The zero-order chi connectivity index (χ0) is 10.3. The molecule has 0 saturated carbocycles. The van der Waals surface area contributed by atoms with Gasteiger partial charge in [0.05, 0.1) is 0 Å². The van der Waals surface area contributed by atoms with E-state index in [0.717, 1.165) is 12.0 Å². The third-order valence-electron chi connectivity index (χ3n) is 2.68. The molecule has 0 aromatic heterocycles. The van der Waals surface area contributed by atoms with E-state index in [-0.39, 0.29) is 17.3 Å². The highest BCUT2D eigenvalue weighted by atomic mass is 19.1. The molecule has 0 N–H and O–H groups in total. The molecule has 1 aromatic carbocycles. The molecule has 0 aliphatic carbocycles. The zero-order valence-corrected chi connectivity index (χ0v) is 8.80. The molecule has 0 saturated heterocycles. The molecule has 76 valence electrons. The van der Waals surface area contributed by atoms with Gasteiger partial charge in [-0.15, -0.1) is 0 Å². The van der Waals surface area contributed by atoms with E-state index in [2.05, 4.69) is 20.8 Å². The third kappa shape index (κ3) is 1.49. The van der Waals surface area contributed by atoms with Crippen molar-refractivity contribution in [2.24, 2.45) is 5.41 Å². The summed E-state index contributed by atoms with van der Waals surface area (Å²) in [4.78, 5) is 0. The molecule has 1 heterocycles. The zero-order valence-electron chi connectivity index (χ0n) is 8.80. The van der Waals surface area contributed by atoms with Crippen LogP contribution in [0.5, 0.6) is 5.75 Å². The van der Waals surface area contributed by atoms with Crippen molar-refractivity contribution in [3.63, 3.8) is 0 Å². The monoisotopic (exact) mass is 194 g/mol. The number of fused-ring (bicyclic) bond motifs is 1. The first-order valence-electron chi connectivity index (χ1n) is 4.92. The number of halogens is 1. The Morgan fingerprint density at radius 1 is 1.36 bits per heavy atom. The van der Waals surface area contributed by atoms with Crippen LogP contribution in [0, 0.1) is 11.2 Å². The van der Waals surface area contributed by atoms with Gasteiger partial charge in [0.2, 0.25) is 0 Å². The minimum absolute atomic E-state index is 0.0610. The summed E-state index contributed by atoms with van der Waals surface area (Å²) in [7, 11) is 0. The van der Waals surface area contributed by atoms with Gasteiger partial charge < -0.3 is 4.74 Å². The SMILES string of the molecule is CC(C)(C)C1Cc2cccc(F)c2O1. The molecule has 0 fully saturated rings. The lowest BCUT2D eigenvalue weighted by atomic mass is 9.87. The summed E-state index contributed by atoms with van der Waals surface area (Å²) in [6, 6.07) is 5.12. The van der Waals surface area contributed by atoms with Gasteiger partial charge in [-0.3, -0.25) is 0 Å². The van der Waals surface area contributed by atoms with Crippen LogP contribution in [0.1, 0.15) is 26.3 Å². The van der Waals surface area contributed by atoms with E-state index in [0.29, 0.717) is 5.75 Å². The normalized spacial score (nSPS) is 20.4. The molecular weight excluding hydrogens is 179 g/mol. The Hall–Kier alpha value is -1.05. The van der Waals surface area contributed by atoms with Crippen molar-refractivity contribution in [3.8, 4) is 5.75 Å². The van der Waals surface area contributed by atoms with E-state index in [1.165, 1.54) is 6.07 Å². The molecule has 1 nitrogen and oxygen atoms in total. The Balaban J connectivity index is 2.31. The Bertz CT molecular complexity index is 352. The van der Waals surface area contributed by atoms with E-state index in [1.54, 1.807) is 6.07 Å². The van der Waals surface area contributed by atoms with E-state index in [1.807, 2.05) is 6.07 Å². The standard InChI is InChI=1S/C12H15FO/c1-12(2,3)10-7-8-5-4-6-9(13)11(8)14-10/h4-6,10H,7H2,1-3H3. The number of ether oxygens (including phenoxy) is 1. The van der Waals surface area contributed by atoms with Crippen molar-refractivity contribution in [1.82, 2.24) is 0 Å². The maximum atomic E-state index is 13.3. The molecule has 0 radical (unpaired) electrons. The van der Waals surface area contributed by atoms with Crippen LogP contribution >= 0.6 is 0 Å². The average Bonchev–Trinajstić information content (AvgIpc) is 2.48. The summed E-state index contributed by atoms with van der Waals surface area (Å²) in [5, 5.41) is 0. The smallest absolute Gasteiger partial charge is 0.165 e. The van der Waals surface area contributed by atoms with Gasteiger partial charge in [-0.25, -0.2) is 4.39 Å². The lowest BCUT2D eigenvalue weighted by Crippen LogP contribution is -2.30. The molecule has 1 aromatic rings. The van der Waals surface area contributed by atoms with Crippen molar-refractivity contribution in [2.45, 2.75) is 33.3 Å². The number of hydrogen-bond donors (Lipinski definition) is 0. The van der Waals surface area contributed by atoms with E-state index < -0.39 is 0 Å². The molecule has 0 amide bonds. The molecule has 2 heteroatoms. The minimum Gasteiger partial charge on any atom is -0.486 e. The maximum Gasteiger partial charge on any atom is 0.165 e. The maximum absolute atomic E-state index is 13.3. The molecule has 14 heavy (non-hydrogen) atoms. The highest BCUT2D eigenvalue weighted by Crippen LogP contribution is 2.37. The molecule has 0 bridgehead atoms. The molecule has 2 rings (SSSR count). The number of benzene rings is 1. The first-order chi connectivity index (χ1) is 6.48. The summed E-state index contributed by atoms with van der Waals surface area (Å²) < 4.78 is 19.0. The first-order valence-corrected chi connectivity index (χ1v) is 4.92. The van der Waals surface area contributed by atoms with Crippen LogP contribution in [0.25, 0.3) is 0 Å².